The Morgan fingerprint density at radius 1 is 0.875 bits per heavy atom. The van der Waals surface area contributed by atoms with Crippen molar-refractivity contribution < 1.29 is 9.22 Å². The first kappa shape index (κ1) is 22.1. The van der Waals surface area contributed by atoms with Crippen molar-refractivity contribution in [3.05, 3.63) is 119 Å². The highest BCUT2D eigenvalue weighted by atomic mass is 28.4. The summed E-state index contributed by atoms with van der Waals surface area (Å²) in [7, 11) is -1.80. The van der Waals surface area contributed by atoms with Crippen LogP contribution in [0.25, 0.3) is 0 Å². The summed E-state index contributed by atoms with van der Waals surface area (Å²) < 4.78 is 6.52. The lowest BCUT2D eigenvalue weighted by molar-refractivity contribution is 0.0567. The zero-order valence-corrected chi connectivity index (χ0v) is 20.3. The van der Waals surface area contributed by atoms with E-state index in [0.717, 1.165) is 11.3 Å². The first-order valence-corrected chi connectivity index (χ1v) is 14.6. The van der Waals surface area contributed by atoms with Crippen LogP contribution >= 0.6 is 0 Å². The lowest BCUT2D eigenvalue weighted by Crippen LogP contribution is -2.41. The minimum atomic E-state index is -1.80. The molecule has 1 aliphatic heterocycles. The molecule has 3 aromatic rings. The zero-order valence-electron chi connectivity index (χ0n) is 19.3. The van der Waals surface area contributed by atoms with Crippen molar-refractivity contribution in [2.24, 2.45) is 0 Å². The summed E-state index contributed by atoms with van der Waals surface area (Å²) in [6.45, 7) is 8.73. The van der Waals surface area contributed by atoms with Crippen LogP contribution in [0.2, 0.25) is 19.6 Å². The minimum absolute atomic E-state index is 0.0380. The van der Waals surface area contributed by atoms with Crippen molar-refractivity contribution in [1.29, 1.82) is 0 Å². The molecule has 1 aliphatic rings. The van der Waals surface area contributed by atoms with Crippen LogP contribution in [0.15, 0.2) is 96.8 Å². The summed E-state index contributed by atoms with van der Waals surface area (Å²) in [6, 6.07) is 27.9. The molecule has 3 aromatic carbocycles. The summed E-state index contributed by atoms with van der Waals surface area (Å²) >= 11 is 0. The normalized spacial score (nSPS) is 18.8. The fourth-order valence-electron chi connectivity index (χ4n) is 4.40. The largest absolute Gasteiger partial charge is 0.547 e. The molecule has 4 rings (SSSR count). The van der Waals surface area contributed by atoms with Crippen LogP contribution in [0.3, 0.4) is 0 Å². The average molecular weight is 442 g/mol. The molecule has 0 spiro atoms. The van der Waals surface area contributed by atoms with E-state index in [-0.39, 0.29) is 18.0 Å². The molecule has 2 atom stereocenters. The monoisotopic (exact) mass is 441 g/mol. The predicted octanol–water partition coefficient (Wildman–Crippen LogP) is 7.06. The molecule has 0 radical (unpaired) electrons. The maximum Gasteiger partial charge on any atom is 0.255 e. The molecule has 1 amide bonds. The summed E-state index contributed by atoms with van der Waals surface area (Å²) in [5.41, 5.74) is 4.15. The Balaban J connectivity index is 1.88. The molecule has 0 N–H and O–H groups in total. The molecule has 3 nitrogen and oxygen atoms in total. The molecule has 0 saturated heterocycles. The van der Waals surface area contributed by atoms with E-state index in [1.54, 1.807) is 0 Å². The van der Waals surface area contributed by atoms with Crippen molar-refractivity contribution in [2.75, 3.05) is 0 Å². The fraction of sp³-hybridized carbons (Fsp3) is 0.250. The second kappa shape index (κ2) is 9.17. The zero-order chi connectivity index (χ0) is 22.7. The third-order valence-corrected chi connectivity index (χ3v) is 6.63. The number of hydrogen-bond donors (Lipinski definition) is 0. The summed E-state index contributed by atoms with van der Waals surface area (Å²) in [5, 5.41) is 0. The van der Waals surface area contributed by atoms with Gasteiger partial charge < -0.3 is 9.33 Å². The molecule has 0 unspecified atom stereocenters. The van der Waals surface area contributed by atoms with E-state index >= 15 is 0 Å². The van der Waals surface area contributed by atoms with Crippen LogP contribution in [0.5, 0.6) is 0 Å². The molecule has 32 heavy (non-hydrogen) atoms. The molecular formula is C28H31NO2Si. The number of aryl methyl sites for hydroxylation is 1. The van der Waals surface area contributed by atoms with E-state index in [2.05, 4.69) is 69.0 Å². The van der Waals surface area contributed by atoms with Crippen molar-refractivity contribution in [2.45, 2.75) is 45.1 Å². The molecule has 164 valence electrons. The number of benzene rings is 3. The van der Waals surface area contributed by atoms with Crippen molar-refractivity contribution in [3.63, 3.8) is 0 Å². The van der Waals surface area contributed by atoms with Crippen LogP contribution in [-0.2, 0) is 4.43 Å². The van der Waals surface area contributed by atoms with Crippen LogP contribution in [0.4, 0.5) is 0 Å². The second-order valence-corrected chi connectivity index (χ2v) is 13.8. The maximum atomic E-state index is 13.9. The lowest BCUT2D eigenvalue weighted by atomic mass is 9.88. The van der Waals surface area contributed by atoms with Gasteiger partial charge in [-0.2, -0.15) is 0 Å². The van der Waals surface area contributed by atoms with Crippen molar-refractivity contribution in [3.8, 4) is 0 Å². The van der Waals surface area contributed by atoms with Crippen LogP contribution < -0.4 is 0 Å². The van der Waals surface area contributed by atoms with E-state index in [4.69, 9.17) is 4.43 Å². The Labute approximate surface area is 192 Å². The van der Waals surface area contributed by atoms with Gasteiger partial charge in [0, 0.05) is 12.0 Å². The molecule has 1 heterocycles. The van der Waals surface area contributed by atoms with Gasteiger partial charge in [-0.1, -0.05) is 72.8 Å². The number of carbonyl (C=O) groups is 1. The molecule has 4 heteroatoms. The standard InChI is InChI=1S/C28H31NO2Si/c1-21-13-11-12-18-25(21)27-20-24(31-32(2,3)4)19-26(22-14-7-5-8-15-22)29(27)28(30)23-16-9-6-10-17-23/h5-19,26-27H,20H2,1-4H3/t26-,27+/m0/s1. The first-order chi connectivity index (χ1) is 15.3. The molecule has 0 aliphatic carbocycles. The van der Waals surface area contributed by atoms with Crippen molar-refractivity contribution in [1.82, 2.24) is 4.90 Å². The third-order valence-electron chi connectivity index (χ3n) is 5.75. The smallest absolute Gasteiger partial charge is 0.255 e. The summed E-state index contributed by atoms with van der Waals surface area (Å²) in [4.78, 5) is 16.0. The van der Waals surface area contributed by atoms with E-state index < -0.39 is 8.32 Å². The average Bonchev–Trinajstić information content (AvgIpc) is 2.78. The number of nitrogens with zero attached hydrogens (tertiary/aromatic N) is 1. The van der Waals surface area contributed by atoms with Gasteiger partial charge in [0.2, 0.25) is 8.32 Å². The fourth-order valence-corrected chi connectivity index (χ4v) is 5.34. The Bertz CT molecular complexity index is 1100. The highest BCUT2D eigenvalue weighted by Gasteiger charge is 2.38. The van der Waals surface area contributed by atoms with Gasteiger partial charge in [-0.3, -0.25) is 4.79 Å². The topological polar surface area (TPSA) is 29.5 Å². The van der Waals surface area contributed by atoms with Gasteiger partial charge in [-0.15, -0.1) is 0 Å². The van der Waals surface area contributed by atoms with E-state index in [0.29, 0.717) is 12.0 Å². The van der Waals surface area contributed by atoms with Gasteiger partial charge in [-0.05, 0) is 61.5 Å². The quantitative estimate of drug-likeness (QED) is 0.397. The van der Waals surface area contributed by atoms with Gasteiger partial charge in [0.05, 0.1) is 17.8 Å². The number of carbonyl (C=O) groups excluding carboxylic acids is 1. The second-order valence-electron chi connectivity index (χ2n) is 9.36. The molecule has 0 aromatic heterocycles. The van der Waals surface area contributed by atoms with Crippen LogP contribution in [0, 0.1) is 6.92 Å². The SMILES string of the molecule is Cc1ccccc1[C@H]1CC(O[Si](C)(C)C)=C[C@@H](c2ccccc2)N1C(=O)c1ccccc1. The highest BCUT2D eigenvalue weighted by molar-refractivity contribution is 6.70. The first-order valence-electron chi connectivity index (χ1n) is 11.2. The summed E-state index contributed by atoms with van der Waals surface area (Å²) in [6.07, 6.45) is 2.83. The van der Waals surface area contributed by atoms with Gasteiger partial charge in [-0.25, -0.2) is 0 Å². The van der Waals surface area contributed by atoms with E-state index in [9.17, 15) is 4.79 Å². The number of hydrogen-bond acceptors (Lipinski definition) is 2. The minimum Gasteiger partial charge on any atom is -0.547 e. The maximum absolute atomic E-state index is 13.9. The van der Waals surface area contributed by atoms with Crippen LogP contribution in [-0.4, -0.2) is 19.1 Å². The number of amides is 1. The predicted molar refractivity (Wildman–Crippen MR) is 133 cm³/mol. The Hall–Kier alpha value is -3.11. The Morgan fingerprint density at radius 3 is 2.09 bits per heavy atom. The molecule has 0 bridgehead atoms. The molecule has 0 fully saturated rings. The lowest BCUT2D eigenvalue weighted by Gasteiger charge is -2.43. The number of rotatable bonds is 5. The highest BCUT2D eigenvalue weighted by Crippen LogP contribution is 2.43. The van der Waals surface area contributed by atoms with Gasteiger partial charge in [0.15, 0.2) is 0 Å². The Kier molecular flexibility index (Phi) is 6.33. The van der Waals surface area contributed by atoms with Crippen molar-refractivity contribution >= 4 is 14.2 Å². The van der Waals surface area contributed by atoms with Gasteiger partial charge in [0.1, 0.15) is 0 Å². The Morgan fingerprint density at radius 2 is 1.47 bits per heavy atom. The molecular weight excluding hydrogens is 410 g/mol. The van der Waals surface area contributed by atoms with E-state index in [1.165, 1.54) is 11.1 Å². The summed E-state index contributed by atoms with van der Waals surface area (Å²) in [5.74, 6) is 1.03. The van der Waals surface area contributed by atoms with Crippen LogP contribution in [0.1, 0.15) is 45.6 Å². The molecule has 0 saturated carbocycles. The van der Waals surface area contributed by atoms with E-state index in [1.807, 2.05) is 53.4 Å². The van der Waals surface area contributed by atoms with Gasteiger partial charge >= 0.3 is 0 Å². The van der Waals surface area contributed by atoms with Gasteiger partial charge in [0.25, 0.3) is 5.91 Å². The third kappa shape index (κ3) is 4.86.